The van der Waals surface area contributed by atoms with Crippen molar-refractivity contribution < 1.29 is 0 Å². The van der Waals surface area contributed by atoms with E-state index < -0.39 is 0 Å². The van der Waals surface area contributed by atoms with Gasteiger partial charge < -0.3 is 4.90 Å². The fraction of sp³-hybridized carbons (Fsp3) is 0. The van der Waals surface area contributed by atoms with Gasteiger partial charge in [0.15, 0.2) is 0 Å². The van der Waals surface area contributed by atoms with E-state index in [4.69, 9.17) is 11.6 Å². The van der Waals surface area contributed by atoms with Crippen LogP contribution in [0.15, 0.2) is 146 Å². The van der Waals surface area contributed by atoms with E-state index in [0.717, 1.165) is 17.1 Å². The van der Waals surface area contributed by atoms with Gasteiger partial charge in [-0.2, -0.15) is 0 Å². The van der Waals surface area contributed by atoms with Gasteiger partial charge in [-0.3, -0.25) is 0 Å². The summed E-state index contributed by atoms with van der Waals surface area (Å²) in [4.78, 5) is 2.24. The van der Waals surface area contributed by atoms with Gasteiger partial charge in [0.05, 0.1) is 0 Å². The highest BCUT2D eigenvalue weighted by Gasteiger charge is 2.13. The van der Waals surface area contributed by atoms with Crippen LogP contribution in [0.3, 0.4) is 0 Å². The highest BCUT2D eigenvalue weighted by Crippen LogP contribution is 2.37. The van der Waals surface area contributed by atoms with Crippen molar-refractivity contribution in [3.8, 4) is 22.3 Å². The summed E-state index contributed by atoms with van der Waals surface area (Å²) in [5, 5.41) is 3.22. The molecule has 0 N–H and O–H groups in total. The molecule has 6 rings (SSSR count). The highest BCUT2D eigenvalue weighted by molar-refractivity contribution is 6.30. The zero-order valence-electron chi connectivity index (χ0n) is 19.7. The van der Waals surface area contributed by atoms with Gasteiger partial charge in [-0.1, -0.05) is 109 Å². The van der Waals surface area contributed by atoms with E-state index in [-0.39, 0.29) is 0 Å². The van der Waals surface area contributed by atoms with E-state index in [1.807, 2.05) is 24.3 Å². The molecule has 172 valence electrons. The van der Waals surface area contributed by atoms with Gasteiger partial charge in [-0.05, 0) is 81.6 Å². The Morgan fingerprint density at radius 1 is 0.361 bits per heavy atom. The lowest BCUT2D eigenvalue weighted by atomic mass is 10.0. The second-order valence-corrected chi connectivity index (χ2v) is 9.27. The Labute approximate surface area is 216 Å². The summed E-state index contributed by atoms with van der Waals surface area (Å²) in [7, 11) is 0. The Bertz CT molecular complexity index is 1620. The lowest BCUT2D eigenvalue weighted by Crippen LogP contribution is -2.09. The Hall–Kier alpha value is -4.33. The van der Waals surface area contributed by atoms with Crippen molar-refractivity contribution in [3.05, 3.63) is 151 Å². The molecular formula is C34H24ClN. The van der Waals surface area contributed by atoms with Gasteiger partial charge in [0.1, 0.15) is 0 Å². The van der Waals surface area contributed by atoms with Crippen LogP contribution in [0.5, 0.6) is 0 Å². The molecule has 36 heavy (non-hydrogen) atoms. The van der Waals surface area contributed by atoms with Gasteiger partial charge in [-0.25, -0.2) is 0 Å². The van der Waals surface area contributed by atoms with Crippen LogP contribution in [0.1, 0.15) is 0 Å². The van der Waals surface area contributed by atoms with Crippen LogP contribution in [-0.4, -0.2) is 0 Å². The Kier molecular flexibility index (Phi) is 5.99. The van der Waals surface area contributed by atoms with Gasteiger partial charge in [-0.15, -0.1) is 0 Å². The molecule has 0 atom stereocenters. The smallest absolute Gasteiger partial charge is 0.0476 e. The number of benzene rings is 6. The number of rotatable bonds is 5. The largest absolute Gasteiger partial charge is 0.310 e. The van der Waals surface area contributed by atoms with Crippen LogP contribution >= 0.6 is 11.6 Å². The SMILES string of the molecule is Clc1cccc(N(c2ccc(-c3ccccc3)cc2)c2ccc(-c3ccc4ccccc4c3)cc2)c1. The summed E-state index contributed by atoms with van der Waals surface area (Å²) in [6.45, 7) is 0. The molecular weight excluding hydrogens is 458 g/mol. The second-order valence-electron chi connectivity index (χ2n) is 8.84. The lowest BCUT2D eigenvalue weighted by Gasteiger charge is -2.26. The first-order valence-electron chi connectivity index (χ1n) is 12.0. The second kappa shape index (κ2) is 9.73. The molecule has 0 aromatic heterocycles. The number of nitrogens with zero attached hydrogens (tertiary/aromatic N) is 1. The van der Waals surface area contributed by atoms with Crippen molar-refractivity contribution in [2.24, 2.45) is 0 Å². The molecule has 0 heterocycles. The van der Waals surface area contributed by atoms with E-state index >= 15 is 0 Å². The quantitative estimate of drug-likeness (QED) is 0.236. The van der Waals surface area contributed by atoms with Crippen LogP contribution in [0, 0.1) is 0 Å². The third-order valence-corrected chi connectivity index (χ3v) is 6.74. The highest BCUT2D eigenvalue weighted by atomic mass is 35.5. The van der Waals surface area contributed by atoms with Crippen molar-refractivity contribution in [1.29, 1.82) is 0 Å². The first kappa shape index (κ1) is 22.2. The van der Waals surface area contributed by atoms with Crippen LogP contribution in [-0.2, 0) is 0 Å². The topological polar surface area (TPSA) is 3.24 Å². The summed E-state index contributed by atoms with van der Waals surface area (Å²) in [5.41, 5.74) is 7.98. The molecule has 6 aromatic carbocycles. The molecule has 0 aliphatic heterocycles. The first-order chi connectivity index (χ1) is 17.7. The van der Waals surface area contributed by atoms with Gasteiger partial charge in [0, 0.05) is 22.1 Å². The van der Waals surface area contributed by atoms with Crippen LogP contribution in [0.25, 0.3) is 33.0 Å². The molecule has 0 saturated heterocycles. The van der Waals surface area contributed by atoms with Crippen molar-refractivity contribution in [3.63, 3.8) is 0 Å². The number of hydrogen-bond acceptors (Lipinski definition) is 1. The monoisotopic (exact) mass is 481 g/mol. The maximum absolute atomic E-state index is 6.40. The van der Waals surface area contributed by atoms with Crippen molar-refractivity contribution in [2.75, 3.05) is 4.90 Å². The van der Waals surface area contributed by atoms with E-state index in [1.165, 1.54) is 33.0 Å². The number of anilines is 3. The molecule has 0 spiro atoms. The fourth-order valence-corrected chi connectivity index (χ4v) is 4.85. The number of fused-ring (bicyclic) bond motifs is 1. The summed E-state index contributed by atoms with van der Waals surface area (Å²) < 4.78 is 0. The molecule has 1 nitrogen and oxygen atoms in total. The molecule has 0 aliphatic rings. The minimum atomic E-state index is 0.714. The standard InChI is InChI=1S/C34H24ClN/c35-31-11-6-12-34(24-31)36(32-19-15-27(16-20-32)25-7-2-1-3-8-25)33-21-17-28(18-22-33)30-14-13-26-9-4-5-10-29(26)23-30/h1-24H. The molecule has 0 fully saturated rings. The molecule has 6 aromatic rings. The third kappa shape index (κ3) is 4.49. The Morgan fingerprint density at radius 2 is 0.917 bits per heavy atom. The minimum absolute atomic E-state index is 0.714. The van der Waals surface area contributed by atoms with Crippen molar-refractivity contribution in [2.45, 2.75) is 0 Å². The molecule has 0 radical (unpaired) electrons. The minimum Gasteiger partial charge on any atom is -0.310 e. The van der Waals surface area contributed by atoms with E-state index in [9.17, 15) is 0 Å². The zero-order valence-corrected chi connectivity index (χ0v) is 20.4. The summed E-state index contributed by atoms with van der Waals surface area (Å²) >= 11 is 6.40. The van der Waals surface area contributed by atoms with Crippen LogP contribution in [0.2, 0.25) is 5.02 Å². The van der Waals surface area contributed by atoms with Crippen molar-refractivity contribution >= 4 is 39.4 Å². The molecule has 2 heteroatoms. The normalized spacial score (nSPS) is 10.9. The van der Waals surface area contributed by atoms with Crippen LogP contribution in [0.4, 0.5) is 17.1 Å². The van der Waals surface area contributed by atoms with E-state index in [0.29, 0.717) is 5.02 Å². The van der Waals surface area contributed by atoms with E-state index in [1.54, 1.807) is 0 Å². The predicted octanol–water partition coefficient (Wildman–Crippen LogP) is 10.3. The Balaban J connectivity index is 1.38. The Morgan fingerprint density at radius 3 is 1.58 bits per heavy atom. The fourth-order valence-electron chi connectivity index (χ4n) is 4.67. The van der Waals surface area contributed by atoms with E-state index in [2.05, 4.69) is 126 Å². The molecule has 0 unspecified atom stereocenters. The van der Waals surface area contributed by atoms with Gasteiger partial charge in [0.2, 0.25) is 0 Å². The van der Waals surface area contributed by atoms with Crippen LogP contribution < -0.4 is 4.90 Å². The zero-order chi connectivity index (χ0) is 24.3. The third-order valence-electron chi connectivity index (χ3n) is 6.51. The lowest BCUT2D eigenvalue weighted by molar-refractivity contribution is 1.28. The number of hydrogen-bond donors (Lipinski definition) is 0. The summed E-state index contributed by atoms with van der Waals surface area (Å²) in [6.07, 6.45) is 0. The summed E-state index contributed by atoms with van der Waals surface area (Å²) in [6, 6.07) is 50.9. The van der Waals surface area contributed by atoms with Gasteiger partial charge >= 0.3 is 0 Å². The molecule has 0 aliphatic carbocycles. The molecule has 0 bridgehead atoms. The molecule has 0 amide bonds. The van der Waals surface area contributed by atoms with Gasteiger partial charge in [0.25, 0.3) is 0 Å². The molecule has 0 saturated carbocycles. The summed E-state index contributed by atoms with van der Waals surface area (Å²) in [5.74, 6) is 0. The predicted molar refractivity (Wildman–Crippen MR) is 155 cm³/mol. The average molecular weight is 482 g/mol. The maximum Gasteiger partial charge on any atom is 0.0476 e. The average Bonchev–Trinajstić information content (AvgIpc) is 2.94. The maximum atomic E-state index is 6.40. The first-order valence-corrected chi connectivity index (χ1v) is 12.4. The number of halogens is 1. The van der Waals surface area contributed by atoms with Crippen molar-refractivity contribution in [1.82, 2.24) is 0 Å².